The second kappa shape index (κ2) is 5.90. The largest absolute Gasteiger partial charge is 0.445 e. The molecule has 0 fully saturated rings. The summed E-state index contributed by atoms with van der Waals surface area (Å²) in [6.45, 7) is 4.24. The molecule has 17 heavy (non-hydrogen) atoms. The Hall–Kier alpha value is -2.02. The number of hydrogen-bond acceptors (Lipinski definition) is 3. The lowest BCUT2D eigenvalue weighted by atomic mass is 10.1. The molecule has 0 aliphatic carbocycles. The Morgan fingerprint density at radius 3 is 2.82 bits per heavy atom. The molecule has 0 heterocycles. The van der Waals surface area contributed by atoms with Crippen LogP contribution in [0.1, 0.15) is 16.7 Å². The van der Waals surface area contributed by atoms with Gasteiger partial charge in [0.25, 0.3) is 0 Å². The molecule has 0 spiro atoms. The van der Waals surface area contributed by atoms with Gasteiger partial charge < -0.3 is 4.74 Å². The predicted molar refractivity (Wildman–Crippen MR) is 64.3 cm³/mol. The molecule has 1 aromatic carbocycles. The van der Waals surface area contributed by atoms with Gasteiger partial charge in [-0.3, -0.25) is 4.90 Å². The van der Waals surface area contributed by atoms with Crippen LogP contribution in [0.2, 0.25) is 0 Å². The predicted octanol–water partition coefficient (Wildman–Crippen LogP) is 2.40. The minimum Gasteiger partial charge on any atom is -0.445 e. The fourth-order valence-corrected chi connectivity index (χ4v) is 1.38. The van der Waals surface area contributed by atoms with Crippen LogP contribution in [0, 0.1) is 25.2 Å². The van der Waals surface area contributed by atoms with Crippen LogP contribution in [0.3, 0.4) is 0 Å². The number of carbonyl (C=O) groups excluding carboxylic acids is 1. The molecule has 0 radical (unpaired) electrons. The Labute approximate surface area is 101 Å². The third-order valence-corrected chi connectivity index (χ3v) is 2.48. The first-order valence-electron chi connectivity index (χ1n) is 5.35. The molecule has 0 aromatic heterocycles. The third-order valence-electron chi connectivity index (χ3n) is 2.48. The van der Waals surface area contributed by atoms with Crippen molar-refractivity contribution in [2.24, 2.45) is 0 Å². The van der Waals surface area contributed by atoms with E-state index in [1.165, 1.54) is 11.9 Å². The van der Waals surface area contributed by atoms with Gasteiger partial charge in [-0.2, -0.15) is 5.26 Å². The smallest absolute Gasteiger partial charge is 0.410 e. The molecule has 1 aromatic rings. The summed E-state index contributed by atoms with van der Waals surface area (Å²) >= 11 is 0. The van der Waals surface area contributed by atoms with Crippen LogP contribution in [0.15, 0.2) is 18.2 Å². The zero-order valence-corrected chi connectivity index (χ0v) is 10.4. The molecular weight excluding hydrogens is 216 g/mol. The quantitative estimate of drug-likeness (QED) is 0.752. The average molecular weight is 232 g/mol. The van der Waals surface area contributed by atoms with E-state index in [0.717, 1.165) is 16.7 Å². The van der Waals surface area contributed by atoms with E-state index in [-0.39, 0.29) is 13.2 Å². The van der Waals surface area contributed by atoms with Crippen LogP contribution in [0.5, 0.6) is 0 Å². The molecule has 0 saturated carbocycles. The van der Waals surface area contributed by atoms with E-state index in [9.17, 15) is 4.79 Å². The maximum atomic E-state index is 11.5. The van der Waals surface area contributed by atoms with Crippen molar-refractivity contribution in [2.75, 3.05) is 13.6 Å². The van der Waals surface area contributed by atoms with Crippen LogP contribution in [-0.4, -0.2) is 24.6 Å². The molecular formula is C13H16N2O2. The topological polar surface area (TPSA) is 53.3 Å². The lowest BCUT2D eigenvalue weighted by molar-refractivity contribution is 0.108. The highest BCUT2D eigenvalue weighted by molar-refractivity contribution is 5.67. The van der Waals surface area contributed by atoms with Crippen LogP contribution < -0.4 is 0 Å². The SMILES string of the molecule is Cc1ccc(C)c(COC(=O)N(C)CC#N)c1. The summed E-state index contributed by atoms with van der Waals surface area (Å²) in [5.74, 6) is 0. The normalized spacial score (nSPS) is 9.53. The number of benzene rings is 1. The minimum atomic E-state index is -0.479. The second-order valence-corrected chi connectivity index (χ2v) is 4.00. The maximum absolute atomic E-state index is 11.5. The van der Waals surface area contributed by atoms with Crippen molar-refractivity contribution >= 4 is 6.09 Å². The number of hydrogen-bond donors (Lipinski definition) is 0. The summed E-state index contributed by atoms with van der Waals surface area (Å²) in [5.41, 5.74) is 3.21. The zero-order chi connectivity index (χ0) is 12.8. The highest BCUT2D eigenvalue weighted by Crippen LogP contribution is 2.12. The molecule has 0 bridgehead atoms. The van der Waals surface area contributed by atoms with Crippen LogP contribution in [0.25, 0.3) is 0 Å². The Morgan fingerprint density at radius 1 is 1.47 bits per heavy atom. The Balaban J connectivity index is 2.59. The van der Waals surface area contributed by atoms with Gasteiger partial charge in [-0.05, 0) is 25.0 Å². The van der Waals surface area contributed by atoms with Crippen molar-refractivity contribution in [3.05, 3.63) is 34.9 Å². The van der Waals surface area contributed by atoms with Gasteiger partial charge in [0.2, 0.25) is 0 Å². The van der Waals surface area contributed by atoms with Gasteiger partial charge in [-0.15, -0.1) is 0 Å². The summed E-state index contributed by atoms with van der Waals surface area (Å²) in [5, 5.41) is 8.45. The van der Waals surface area contributed by atoms with E-state index in [0.29, 0.717) is 0 Å². The van der Waals surface area contributed by atoms with Gasteiger partial charge in [0.05, 0.1) is 6.07 Å². The summed E-state index contributed by atoms with van der Waals surface area (Å²) < 4.78 is 5.11. The monoisotopic (exact) mass is 232 g/mol. The molecule has 0 aliphatic heterocycles. The standard InChI is InChI=1S/C13H16N2O2/c1-10-4-5-11(2)12(8-10)9-17-13(16)15(3)7-6-14/h4-5,8H,7,9H2,1-3H3. The Morgan fingerprint density at radius 2 is 2.18 bits per heavy atom. The second-order valence-electron chi connectivity index (χ2n) is 4.00. The third kappa shape index (κ3) is 3.80. The summed E-state index contributed by atoms with van der Waals surface area (Å²) in [6, 6.07) is 7.90. The van der Waals surface area contributed by atoms with Crippen molar-refractivity contribution < 1.29 is 9.53 Å². The average Bonchev–Trinajstić information content (AvgIpc) is 2.30. The van der Waals surface area contributed by atoms with Crippen LogP contribution >= 0.6 is 0 Å². The van der Waals surface area contributed by atoms with Crippen molar-refractivity contribution in [3.63, 3.8) is 0 Å². The van der Waals surface area contributed by atoms with Crippen LogP contribution in [0.4, 0.5) is 4.79 Å². The highest BCUT2D eigenvalue weighted by atomic mass is 16.6. The number of amides is 1. The van der Waals surface area contributed by atoms with E-state index in [1.807, 2.05) is 38.1 Å². The molecule has 0 atom stereocenters. The van der Waals surface area contributed by atoms with Crippen molar-refractivity contribution in [2.45, 2.75) is 20.5 Å². The molecule has 0 saturated heterocycles. The van der Waals surface area contributed by atoms with Crippen LogP contribution in [-0.2, 0) is 11.3 Å². The molecule has 90 valence electrons. The van der Waals surface area contributed by atoms with Gasteiger partial charge in [0, 0.05) is 7.05 Å². The lowest BCUT2D eigenvalue weighted by Gasteiger charge is -2.14. The van der Waals surface area contributed by atoms with Gasteiger partial charge in [-0.25, -0.2) is 4.79 Å². The van der Waals surface area contributed by atoms with E-state index in [1.54, 1.807) is 0 Å². The number of ether oxygens (including phenoxy) is 1. The molecule has 0 aliphatic rings. The highest BCUT2D eigenvalue weighted by Gasteiger charge is 2.10. The fraction of sp³-hybridized carbons (Fsp3) is 0.385. The number of nitrogens with zero attached hydrogens (tertiary/aromatic N) is 2. The number of aryl methyl sites for hydroxylation is 2. The fourth-order valence-electron chi connectivity index (χ4n) is 1.38. The van der Waals surface area contributed by atoms with Crippen molar-refractivity contribution in [1.29, 1.82) is 5.26 Å². The molecule has 4 nitrogen and oxygen atoms in total. The van der Waals surface area contributed by atoms with E-state index in [2.05, 4.69) is 0 Å². The summed E-state index contributed by atoms with van der Waals surface area (Å²) in [7, 11) is 1.54. The number of rotatable bonds is 3. The first-order chi connectivity index (χ1) is 8.04. The summed E-state index contributed by atoms with van der Waals surface area (Å²) in [6.07, 6.45) is -0.479. The lowest BCUT2D eigenvalue weighted by Crippen LogP contribution is -2.27. The molecule has 0 N–H and O–H groups in total. The van der Waals surface area contributed by atoms with Gasteiger partial charge in [-0.1, -0.05) is 23.8 Å². The summed E-state index contributed by atoms with van der Waals surface area (Å²) in [4.78, 5) is 12.7. The van der Waals surface area contributed by atoms with Crippen molar-refractivity contribution in [3.8, 4) is 6.07 Å². The van der Waals surface area contributed by atoms with E-state index in [4.69, 9.17) is 10.00 Å². The van der Waals surface area contributed by atoms with Gasteiger partial charge >= 0.3 is 6.09 Å². The van der Waals surface area contributed by atoms with E-state index >= 15 is 0 Å². The Kier molecular flexibility index (Phi) is 4.53. The molecule has 4 heteroatoms. The first-order valence-corrected chi connectivity index (χ1v) is 5.35. The van der Waals surface area contributed by atoms with Gasteiger partial charge in [0.1, 0.15) is 13.2 Å². The van der Waals surface area contributed by atoms with Gasteiger partial charge in [0.15, 0.2) is 0 Å². The maximum Gasteiger partial charge on any atom is 0.410 e. The van der Waals surface area contributed by atoms with E-state index < -0.39 is 6.09 Å². The molecule has 1 amide bonds. The zero-order valence-electron chi connectivity index (χ0n) is 10.4. The minimum absolute atomic E-state index is 0.0334. The van der Waals surface area contributed by atoms with Crippen molar-refractivity contribution in [1.82, 2.24) is 4.90 Å². The Bertz CT molecular complexity index is 449. The number of nitriles is 1. The molecule has 0 unspecified atom stereocenters. The number of carbonyl (C=O) groups is 1. The first kappa shape index (κ1) is 13.0. The molecule has 1 rings (SSSR count).